The summed E-state index contributed by atoms with van der Waals surface area (Å²) < 4.78 is 10.7. The van der Waals surface area contributed by atoms with E-state index in [1.807, 2.05) is 13.8 Å². The molecule has 1 heterocycles. The number of aryl methyl sites for hydroxylation is 1. The summed E-state index contributed by atoms with van der Waals surface area (Å²) in [5.74, 6) is -0.206. The SMILES string of the molecule is CCOc1ccc(OCC(=O)Nc2sc(C)c(C)c2C(=O)O)cc1. The molecule has 0 bridgehead atoms. The molecule has 0 radical (unpaired) electrons. The summed E-state index contributed by atoms with van der Waals surface area (Å²) in [5.41, 5.74) is 0.794. The van der Waals surface area contributed by atoms with E-state index < -0.39 is 11.9 Å². The van der Waals surface area contributed by atoms with Gasteiger partial charge in [-0.2, -0.15) is 0 Å². The molecule has 128 valence electrons. The molecule has 0 fully saturated rings. The number of amides is 1. The van der Waals surface area contributed by atoms with Gasteiger partial charge in [-0.15, -0.1) is 11.3 Å². The molecular weight excluding hydrogens is 330 g/mol. The highest BCUT2D eigenvalue weighted by atomic mass is 32.1. The van der Waals surface area contributed by atoms with Gasteiger partial charge in [0.05, 0.1) is 12.2 Å². The zero-order valence-electron chi connectivity index (χ0n) is 13.7. The number of thiophene rings is 1. The highest BCUT2D eigenvalue weighted by Crippen LogP contribution is 2.32. The third-order valence-corrected chi connectivity index (χ3v) is 4.48. The fourth-order valence-corrected chi connectivity index (χ4v) is 3.15. The monoisotopic (exact) mass is 349 g/mol. The Labute approximate surface area is 144 Å². The van der Waals surface area contributed by atoms with Crippen LogP contribution in [0.2, 0.25) is 0 Å². The zero-order valence-corrected chi connectivity index (χ0v) is 14.5. The summed E-state index contributed by atoms with van der Waals surface area (Å²) in [6, 6.07) is 6.93. The normalized spacial score (nSPS) is 10.3. The zero-order chi connectivity index (χ0) is 17.7. The molecule has 0 aliphatic heterocycles. The van der Waals surface area contributed by atoms with Crippen molar-refractivity contribution in [2.24, 2.45) is 0 Å². The number of rotatable bonds is 7. The molecule has 0 unspecified atom stereocenters. The number of benzene rings is 1. The second kappa shape index (κ2) is 7.83. The van der Waals surface area contributed by atoms with Crippen molar-refractivity contribution in [2.45, 2.75) is 20.8 Å². The molecule has 1 aromatic carbocycles. The Kier molecular flexibility index (Phi) is 5.81. The van der Waals surface area contributed by atoms with Gasteiger partial charge < -0.3 is 19.9 Å². The second-order valence-corrected chi connectivity index (χ2v) is 6.26. The fraction of sp³-hybridized carbons (Fsp3) is 0.294. The number of carbonyl (C=O) groups is 2. The molecule has 2 rings (SSSR count). The summed E-state index contributed by atoms with van der Waals surface area (Å²) >= 11 is 1.24. The largest absolute Gasteiger partial charge is 0.494 e. The second-order valence-electron chi connectivity index (χ2n) is 5.03. The minimum absolute atomic E-state index is 0.131. The molecule has 0 spiro atoms. The number of nitrogens with one attached hydrogen (secondary N) is 1. The molecule has 0 aliphatic rings. The number of hydrogen-bond acceptors (Lipinski definition) is 5. The first-order valence-electron chi connectivity index (χ1n) is 7.41. The van der Waals surface area contributed by atoms with Crippen LogP contribution in [0.3, 0.4) is 0 Å². The van der Waals surface area contributed by atoms with Crippen LogP contribution in [0, 0.1) is 13.8 Å². The molecule has 0 saturated heterocycles. The highest BCUT2D eigenvalue weighted by Gasteiger charge is 2.20. The van der Waals surface area contributed by atoms with Crippen molar-refractivity contribution in [3.8, 4) is 11.5 Å². The average Bonchev–Trinajstić information content (AvgIpc) is 2.81. The third-order valence-electron chi connectivity index (χ3n) is 3.36. The van der Waals surface area contributed by atoms with Crippen LogP contribution in [-0.4, -0.2) is 30.2 Å². The van der Waals surface area contributed by atoms with E-state index >= 15 is 0 Å². The number of carboxylic acids is 1. The number of anilines is 1. The standard InChI is InChI=1S/C17H19NO5S/c1-4-22-12-5-7-13(8-6-12)23-9-14(19)18-16-15(17(20)21)10(2)11(3)24-16/h5-8H,4,9H2,1-3H3,(H,18,19)(H,20,21). The van der Waals surface area contributed by atoms with Crippen molar-refractivity contribution in [1.82, 2.24) is 0 Å². The maximum Gasteiger partial charge on any atom is 0.338 e. The molecule has 0 saturated carbocycles. The number of hydrogen-bond donors (Lipinski definition) is 2. The number of carboxylic acid groups (broad SMARTS) is 1. The summed E-state index contributed by atoms with van der Waals surface area (Å²) in [6.07, 6.45) is 0. The number of carbonyl (C=O) groups excluding carboxylic acids is 1. The van der Waals surface area contributed by atoms with Crippen LogP contribution in [0.25, 0.3) is 0 Å². The molecule has 0 aliphatic carbocycles. The molecule has 6 nitrogen and oxygen atoms in total. The summed E-state index contributed by atoms with van der Waals surface area (Å²) in [5, 5.41) is 12.2. The van der Waals surface area contributed by atoms with Crippen molar-refractivity contribution in [3.63, 3.8) is 0 Å². The molecule has 24 heavy (non-hydrogen) atoms. The summed E-state index contributed by atoms with van der Waals surface area (Å²) in [6.45, 7) is 5.81. The van der Waals surface area contributed by atoms with Crippen molar-refractivity contribution in [1.29, 1.82) is 0 Å². The van der Waals surface area contributed by atoms with E-state index in [0.717, 1.165) is 10.6 Å². The van der Waals surface area contributed by atoms with Gasteiger partial charge in [0.2, 0.25) is 0 Å². The predicted octanol–water partition coefficient (Wildman–Crippen LogP) is 3.48. The molecule has 0 atom stereocenters. The molecule has 7 heteroatoms. The van der Waals surface area contributed by atoms with Crippen molar-refractivity contribution >= 4 is 28.2 Å². The van der Waals surface area contributed by atoms with Gasteiger partial charge in [-0.25, -0.2) is 4.79 Å². The minimum atomic E-state index is -1.06. The summed E-state index contributed by atoms with van der Waals surface area (Å²) in [4.78, 5) is 24.2. The molecule has 1 aromatic heterocycles. The minimum Gasteiger partial charge on any atom is -0.494 e. The topological polar surface area (TPSA) is 84.9 Å². The van der Waals surface area contributed by atoms with Gasteiger partial charge in [-0.1, -0.05) is 0 Å². The van der Waals surface area contributed by atoms with Gasteiger partial charge in [0.25, 0.3) is 5.91 Å². The van der Waals surface area contributed by atoms with Gasteiger partial charge in [0.1, 0.15) is 16.5 Å². The lowest BCUT2D eigenvalue weighted by molar-refractivity contribution is -0.118. The van der Waals surface area contributed by atoms with Gasteiger partial charge in [-0.3, -0.25) is 4.79 Å². The van der Waals surface area contributed by atoms with Crippen LogP contribution in [0.15, 0.2) is 24.3 Å². The van der Waals surface area contributed by atoms with Crippen LogP contribution in [0.1, 0.15) is 27.7 Å². The number of ether oxygens (including phenoxy) is 2. The van der Waals surface area contributed by atoms with Crippen molar-refractivity contribution in [2.75, 3.05) is 18.5 Å². The first-order chi connectivity index (χ1) is 11.4. The smallest absolute Gasteiger partial charge is 0.338 e. The quantitative estimate of drug-likeness (QED) is 0.799. The molecular formula is C17H19NO5S. The van der Waals surface area contributed by atoms with Crippen molar-refractivity contribution in [3.05, 3.63) is 40.3 Å². The van der Waals surface area contributed by atoms with Crippen LogP contribution in [0.4, 0.5) is 5.00 Å². The van der Waals surface area contributed by atoms with Gasteiger partial charge in [0.15, 0.2) is 6.61 Å². The van der Waals surface area contributed by atoms with E-state index in [4.69, 9.17) is 9.47 Å². The van der Waals surface area contributed by atoms with Crippen LogP contribution < -0.4 is 14.8 Å². The summed E-state index contributed by atoms with van der Waals surface area (Å²) in [7, 11) is 0. The lowest BCUT2D eigenvalue weighted by Gasteiger charge is -2.08. The number of aromatic carboxylic acids is 1. The molecule has 2 N–H and O–H groups in total. The first-order valence-corrected chi connectivity index (χ1v) is 8.22. The van der Waals surface area contributed by atoms with Crippen molar-refractivity contribution < 1.29 is 24.2 Å². The lowest BCUT2D eigenvalue weighted by Crippen LogP contribution is -2.20. The molecule has 2 aromatic rings. The van der Waals surface area contributed by atoms with E-state index in [1.54, 1.807) is 31.2 Å². The Morgan fingerprint density at radius 2 is 1.71 bits per heavy atom. The Bertz CT molecular complexity index is 736. The maximum absolute atomic E-state index is 12.0. The van der Waals surface area contributed by atoms with E-state index in [2.05, 4.69) is 5.32 Å². The van der Waals surface area contributed by atoms with Gasteiger partial charge in [0, 0.05) is 4.88 Å². The maximum atomic E-state index is 12.0. The van der Waals surface area contributed by atoms with Crippen LogP contribution in [0.5, 0.6) is 11.5 Å². The Hall–Kier alpha value is -2.54. The third kappa shape index (κ3) is 4.26. The van der Waals surface area contributed by atoms with E-state index in [1.165, 1.54) is 11.3 Å². The highest BCUT2D eigenvalue weighted by molar-refractivity contribution is 7.16. The van der Waals surface area contributed by atoms with E-state index in [9.17, 15) is 14.7 Å². The average molecular weight is 349 g/mol. The predicted molar refractivity (Wildman–Crippen MR) is 92.5 cm³/mol. The first kappa shape index (κ1) is 17.8. The van der Waals surface area contributed by atoms with Crippen LogP contribution in [-0.2, 0) is 4.79 Å². The fourth-order valence-electron chi connectivity index (χ4n) is 2.08. The molecule has 1 amide bonds. The van der Waals surface area contributed by atoms with Gasteiger partial charge >= 0.3 is 5.97 Å². The lowest BCUT2D eigenvalue weighted by atomic mass is 10.1. The van der Waals surface area contributed by atoms with E-state index in [0.29, 0.717) is 22.9 Å². The Balaban J connectivity index is 1.96. The Morgan fingerprint density at radius 1 is 1.12 bits per heavy atom. The van der Waals surface area contributed by atoms with Crippen LogP contribution >= 0.6 is 11.3 Å². The Morgan fingerprint density at radius 3 is 2.25 bits per heavy atom. The van der Waals surface area contributed by atoms with E-state index in [-0.39, 0.29) is 12.2 Å². The van der Waals surface area contributed by atoms with Gasteiger partial charge in [-0.05, 0) is 50.6 Å².